The molecule has 0 saturated carbocycles. The van der Waals surface area contributed by atoms with Gasteiger partial charge in [0.1, 0.15) is 17.4 Å². The zero-order valence-electron chi connectivity index (χ0n) is 13.0. The summed E-state index contributed by atoms with van der Waals surface area (Å²) >= 11 is 8.00. The van der Waals surface area contributed by atoms with Gasteiger partial charge < -0.3 is 5.32 Å². The van der Waals surface area contributed by atoms with E-state index >= 15 is 0 Å². The van der Waals surface area contributed by atoms with Crippen LogP contribution in [-0.4, -0.2) is 30.4 Å². The van der Waals surface area contributed by atoms with Crippen LogP contribution in [0, 0.1) is 0 Å². The molecule has 1 atom stereocenters. The van der Waals surface area contributed by atoms with Gasteiger partial charge in [-0.2, -0.15) is 9.78 Å². The summed E-state index contributed by atoms with van der Waals surface area (Å²) in [5.41, 5.74) is 2.16. The van der Waals surface area contributed by atoms with Crippen LogP contribution in [0.15, 0.2) is 46.6 Å². The van der Waals surface area contributed by atoms with Crippen LogP contribution in [-0.2, 0) is 0 Å². The summed E-state index contributed by atoms with van der Waals surface area (Å²) in [6.45, 7) is 0. The lowest BCUT2D eigenvalue weighted by molar-refractivity contribution is 0.568. The molecule has 4 aromatic rings. The highest BCUT2D eigenvalue weighted by molar-refractivity contribution is 7.13. The first-order chi connectivity index (χ1) is 12.7. The van der Waals surface area contributed by atoms with Crippen molar-refractivity contribution < 1.29 is 0 Å². The maximum absolute atomic E-state index is 12.5. The molecular formula is C16H10ClN7OS. The number of nitrogens with one attached hydrogen (secondary N) is 2. The first-order valence-electron chi connectivity index (χ1n) is 7.70. The number of hydrogen-bond donors (Lipinski definition) is 2. The molecule has 1 aliphatic heterocycles. The molecule has 0 spiro atoms. The Morgan fingerprint density at radius 3 is 2.88 bits per heavy atom. The molecule has 1 aromatic carbocycles. The van der Waals surface area contributed by atoms with Crippen LogP contribution in [0.25, 0.3) is 10.6 Å². The lowest BCUT2D eigenvalue weighted by atomic mass is 9.94. The van der Waals surface area contributed by atoms with Crippen LogP contribution < -0.4 is 10.9 Å². The van der Waals surface area contributed by atoms with Gasteiger partial charge in [-0.25, -0.2) is 5.10 Å². The first-order valence-corrected chi connectivity index (χ1v) is 8.95. The summed E-state index contributed by atoms with van der Waals surface area (Å²) in [6, 6.07) is 10.8. The van der Waals surface area contributed by atoms with Gasteiger partial charge in [0.25, 0.3) is 5.56 Å². The third-order valence-corrected chi connectivity index (χ3v) is 5.44. The highest BCUT2D eigenvalue weighted by atomic mass is 35.5. The second-order valence-electron chi connectivity index (χ2n) is 5.66. The van der Waals surface area contributed by atoms with E-state index in [1.165, 1.54) is 11.3 Å². The zero-order chi connectivity index (χ0) is 17.7. The zero-order valence-corrected chi connectivity index (χ0v) is 14.6. The van der Waals surface area contributed by atoms with Crippen molar-refractivity contribution >= 4 is 34.6 Å². The predicted molar refractivity (Wildman–Crippen MR) is 98.0 cm³/mol. The Kier molecular flexibility index (Phi) is 3.37. The molecule has 0 unspecified atom stereocenters. The van der Waals surface area contributed by atoms with Gasteiger partial charge in [-0.1, -0.05) is 41.0 Å². The van der Waals surface area contributed by atoms with E-state index in [0.717, 1.165) is 10.4 Å². The number of halogens is 1. The van der Waals surface area contributed by atoms with Gasteiger partial charge in [0, 0.05) is 16.1 Å². The number of anilines is 2. The van der Waals surface area contributed by atoms with Crippen LogP contribution in [0.2, 0.25) is 5.02 Å². The maximum Gasteiger partial charge on any atom is 0.288 e. The van der Waals surface area contributed by atoms with Gasteiger partial charge in [-0.05, 0) is 27.9 Å². The van der Waals surface area contributed by atoms with Crippen molar-refractivity contribution in [3.05, 3.63) is 68.3 Å². The van der Waals surface area contributed by atoms with E-state index in [1.54, 1.807) is 10.7 Å². The Labute approximate surface area is 155 Å². The quantitative estimate of drug-likeness (QED) is 0.486. The van der Waals surface area contributed by atoms with Gasteiger partial charge in [-0.15, -0.1) is 11.3 Å². The van der Waals surface area contributed by atoms with Crippen molar-refractivity contribution in [1.29, 1.82) is 0 Å². The van der Waals surface area contributed by atoms with E-state index < -0.39 is 6.04 Å². The minimum absolute atomic E-state index is 0.341. The first kappa shape index (κ1) is 15.2. The normalized spacial score (nSPS) is 15.2. The van der Waals surface area contributed by atoms with Crippen molar-refractivity contribution in [2.24, 2.45) is 0 Å². The number of fused-ring (bicyclic) bond motifs is 2. The second kappa shape index (κ2) is 5.75. The third kappa shape index (κ3) is 2.18. The van der Waals surface area contributed by atoms with Crippen LogP contribution in [0.5, 0.6) is 0 Å². The number of nitrogens with zero attached hydrogens (tertiary/aromatic N) is 5. The largest absolute Gasteiger partial charge is 0.318 e. The second-order valence-corrected chi connectivity index (χ2v) is 7.02. The molecule has 1 aliphatic rings. The van der Waals surface area contributed by atoms with Crippen molar-refractivity contribution in [2.75, 3.05) is 5.32 Å². The summed E-state index contributed by atoms with van der Waals surface area (Å²) in [4.78, 5) is 13.4. The standard InChI is InChI=1S/C16H10ClN7OS/c17-9-5-2-1-4-8(9)14-11-12(10-6-3-7-26-10)19-20-15(25)13(11)18-16-21-22-23-24(14)16/h1-7,14H,(H,20,25)(H,18,21,23)/t14-/m1/s1. The Balaban J connectivity index is 1.87. The number of aromatic nitrogens is 6. The van der Waals surface area contributed by atoms with Gasteiger partial charge in [-0.3, -0.25) is 4.79 Å². The molecule has 8 nitrogen and oxygen atoms in total. The molecule has 3 aromatic heterocycles. The van der Waals surface area contributed by atoms with Crippen LogP contribution in [0.3, 0.4) is 0 Å². The van der Waals surface area contributed by atoms with Crippen molar-refractivity contribution in [3.8, 4) is 10.6 Å². The summed E-state index contributed by atoms with van der Waals surface area (Å²) in [5, 5.41) is 24.2. The fourth-order valence-electron chi connectivity index (χ4n) is 3.12. The molecule has 10 heteroatoms. The molecule has 0 amide bonds. The summed E-state index contributed by atoms with van der Waals surface area (Å²) in [7, 11) is 0. The van der Waals surface area contributed by atoms with Crippen LogP contribution in [0.4, 0.5) is 11.6 Å². The highest BCUT2D eigenvalue weighted by Crippen LogP contribution is 2.43. The Bertz CT molecular complexity index is 1170. The molecule has 128 valence electrons. The number of H-pyrrole nitrogens is 1. The highest BCUT2D eigenvalue weighted by Gasteiger charge is 2.35. The number of thiophene rings is 1. The van der Waals surface area contributed by atoms with Crippen molar-refractivity contribution in [2.45, 2.75) is 6.04 Å². The number of rotatable bonds is 2. The number of hydrogen-bond acceptors (Lipinski definition) is 7. The molecular weight excluding hydrogens is 374 g/mol. The Morgan fingerprint density at radius 1 is 1.19 bits per heavy atom. The van der Waals surface area contributed by atoms with E-state index in [4.69, 9.17) is 11.6 Å². The number of benzene rings is 1. The van der Waals surface area contributed by atoms with E-state index in [0.29, 0.717) is 27.9 Å². The molecule has 0 fully saturated rings. The minimum Gasteiger partial charge on any atom is -0.318 e. The lowest BCUT2D eigenvalue weighted by Crippen LogP contribution is -2.29. The van der Waals surface area contributed by atoms with Gasteiger partial charge in [0.05, 0.1) is 4.88 Å². The molecule has 0 bridgehead atoms. The van der Waals surface area contributed by atoms with Gasteiger partial charge in [0.2, 0.25) is 5.95 Å². The summed E-state index contributed by atoms with van der Waals surface area (Å²) in [5.74, 6) is 0.372. The molecule has 0 saturated heterocycles. The number of aromatic amines is 1. The van der Waals surface area contributed by atoms with E-state index in [2.05, 4.69) is 31.0 Å². The molecule has 2 N–H and O–H groups in total. The third-order valence-electron chi connectivity index (χ3n) is 4.22. The van der Waals surface area contributed by atoms with Crippen LogP contribution >= 0.6 is 22.9 Å². The molecule has 0 radical (unpaired) electrons. The van der Waals surface area contributed by atoms with E-state index in [1.807, 2.05) is 35.7 Å². The topological polar surface area (TPSA) is 101 Å². The minimum atomic E-state index is -0.475. The molecule has 26 heavy (non-hydrogen) atoms. The smallest absolute Gasteiger partial charge is 0.288 e. The maximum atomic E-state index is 12.5. The SMILES string of the molecule is O=c1[nH]nc(-c2cccs2)c2c1Nc1nnnn1[C@@H]2c1ccccc1Cl. The molecule has 5 rings (SSSR count). The Morgan fingerprint density at radius 2 is 2.08 bits per heavy atom. The summed E-state index contributed by atoms with van der Waals surface area (Å²) < 4.78 is 1.61. The average molecular weight is 384 g/mol. The van der Waals surface area contributed by atoms with Gasteiger partial charge >= 0.3 is 0 Å². The number of tetrazole rings is 1. The summed E-state index contributed by atoms with van der Waals surface area (Å²) in [6.07, 6.45) is 0. The van der Waals surface area contributed by atoms with Gasteiger partial charge in [0.15, 0.2) is 0 Å². The van der Waals surface area contributed by atoms with Crippen molar-refractivity contribution in [3.63, 3.8) is 0 Å². The lowest BCUT2D eigenvalue weighted by Gasteiger charge is -2.28. The monoisotopic (exact) mass is 383 g/mol. The van der Waals surface area contributed by atoms with Crippen LogP contribution in [0.1, 0.15) is 17.2 Å². The Hall–Kier alpha value is -3.04. The fraction of sp³-hybridized carbons (Fsp3) is 0.0625. The molecule has 0 aliphatic carbocycles. The predicted octanol–water partition coefficient (Wildman–Crippen LogP) is 2.83. The molecule has 4 heterocycles. The van der Waals surface area contributed by atoms with Crippen molar-refractivity contribution in [1.82, 2.24) is 30.4 Å². The average Bonchev–Trinajstić information content (AvgIpc) is 3.33. The van der Waals surface area contributed by atoms with E-state index in [9.17, 15) is 4.79 Å². The van der Waals surface area contributed by atoms with E-state index in [-0.39, 0.29) is 5.56 Å². The fourth-order valence-corrected chi connectivity index (χ4v) is 4.09.